The number of hydrogen-bond acceptors (Lipinski definition) is 10. The van der Waals surface area contributed by atoms with E-state index in [1.807, 2.05) is 9.97 Å². The molecule has 0 spiro atoms. The van der Waals surface area contributed by atoms with Crippen LogP contribution in [-0.4, -0.2) is 30.8 Å². The van der Waals surface area contributed by atoms with Crippen molar-refractivity contribution in [3.05, 3.63) is 129 Å². The van der Waals surface area contributed by atoms with E-state index in [0.717, 1.165) is 0 Å². The Kier molecular flexibility index (Phi) is 5.58. The standard InChI is InChI=1S/C20H13N5O10/c26-18-19(27)22-16-13(21-18)14(23(28)29)15(24(30)31)17(25(32)33)20(16,34-11-7-3-1-4-8-11)35-12-9-5-2-6-10-12/h1-10,17H,(H,21,26)(H,22,27). The van der Waals surface area contributed by atoms with Gasteiger partial charge in [0.2, 0.25) is 0 Å². The molecule has 0 radical (unpaired) electrons. The summed E-state index contributed by atoms with van der Waals surface area (Å²) in [4.78, 5) is 60.6. The summed E-state index contributed by atoms with van der Waals surface area (Å²) in [6.45, 7) is 0. The van der Waals surface area contributed by atoms with Gasteiger partial charge in [0.1, 0.15) is 17.2 Å². The molecule has 178 valence electrons. The van der Waals surface area contributed by atoms with Crippen LogP contribution in [0.25, 0.3) is 5.70 Å². The molecule has 1 aliphatic rings. The van der Waals surface area contributed by atoms with Crippen LogP contribution in [0, 0.1) is 30.3 Å². The summed E-state index contributed by atoms with van der Waals surface area (Å²) in [5.74, 6) is -3.06. The minimum atomic E-state index is -2.87. The first-order valence-electron chi connectivity index (χ1n) is 9.67. The number of aromatic amines is 2. The van der Waals surface area contributed by atoms with Crippen LogP contribution in [0.5, 0.6) is 11.5 Å². The van der Waals surface area contributed by atoms with Gasteiger partial charge in [-0.3, -0.25) is 39.9 Å². The van der Waals surface area contributed by atoms with Crippen molar-refractivity contribution in [2.75, 3.05) is 0 Å². The van der Waals surface area contributed by atoms with E-state index in [0.29, 0.717) is 0 Å². The van der Waals surface area contributed by atoms with Crippen LogP contribution in [0.1, 0.15) is 11.4 Å². The van der Waals surface area contributed by atoms with Gasteiger partial charge in [0.15, 0.2) is 5.69 Å². The van der Waals surface area contributed by atoms with Crippen LogP contribution in [0.4, 0.5) is 0 Å². The predicted molar refractivity (Wildman–Crippen MR) is 115 cm³/mol. The molecule has 35 heavy (non-hydrogen) atoms. The first kappa shape index (κ1) is 22.8. The van der Waals surface area contributed by atoms with Gasteiger partial charge in [0, 0.05) is 4.92 Å². The van der Waals surface area contributed by atoms with E-state index < -0.39 is 60.5 Å². The fourth-order valence-electron chi connectivity index (χ4n) is 3.65. The first-order chi connectivity index (χ1) is 16.7. The Labute approximate surface area is 192 Å². The van der Waals surface area contributed by atoms with Crippen LogP contribution in [0.3, 0.4) is 0 Å². The van der Waals surface area contributed by atoms with Gasteiger partial charge >= 0.3 is 34.3 Å². The monoisotopic (exact) mass is 483 g/mol. The zero-order valence-electron chi connectivity index (χ0n) is 17.3. The number of aromatic nitrogens is 2. The molecule has 4 rings (SSSR count). The van der Waals surface area contributed by atoms with Crippen molar-refractivity contribution in [1.29, 1.82) is 0 Å². The van der Waals surface area contributed by atoms with E-state index in [9.17, 15) is 39.9 Å². The van der Waals surface area contributed by atoms with Crippen molar-refractivity contribution in [2.45, 2.75) is 11.8 Å². The van der Waals surface area contributed by atoms with E-state index in [2.05, 4.69) is 0 Å². The number of para-hydroxylation sites is 2. The molecule has 0 bridgehead atoms. The van der Waals surface area contributed by atoms with Gasteiger partial charge in [-0.15, -0.1) is 0 Å². The number of fused-ring (bicyclic) bond motifs is 1. The number of benzene rings is 2. The molecule has 0 aliphatic heterocycles. The number of nitrogens with zero attached hydrogens (tertiary/aromatic N) is 3. The Hall–Kier alpha value is -5.34. The Morgan fingerprint density at radius 1 is 0.743 bits per heavy atom. The number of H-pyrrole nitrogens is 2. The Morgan fingerprint density at radius 2 is 1.23 bits per heavy atom. The number of ether oxygens (including phenoxy) is 2. The van der Waals surface area contributed by atoms with Crippen LogP contribution in [-0.2, 0) is 5.79 Å². The third-order valence-corrected chi connectivity index (χ3v) is 5.00. The average molecular weight is 483 g/mol. The zero-order chi connectivity index (χ0) is 25.3. The normalized spacial score (nSPS) is 16.2. The summed E-state index contributed by atoms with van der Waals surface area (Å²) in [5.41, 5.74) is -7.30. The van der Waals surface area contributed by atoms with Crippen LogP contribution in [0.2, 0.25) is 0 Å². The quantitative estimate of drug-likeness (QED) is 0.212. The summed E-state index contributed by atoms with van der Waals surface area (Å²) in [5, 5.41) is 36.2. The average Bonchev–Trinajstić information content (AvgIpc) is 2.81. The molecular formula is C20H13N5O10. The second kappa shape index (κ2) is 8.54. The van der Waals surface area contributed by atoms with Gasteiger partial charge in [-0.05, 0) is 24.3 Å². The molecule has 2 aromatic carbocycles. The van der Waals surface area contributed by atoms with E-state index >= 15 is 0 Å². The van der Waals surface area contributed by atoms with Crippen molar-refractivity contribution in [3.63, 3.8) is 0 Å². The number of nitrogens with one attached hydrogen (secondary N) is 2. The summed E-state index contributed by atoms with van der Waals surface area (Å²) >= 11 is 0. The lowest BCUT2D eigenvalue weighted by atomic mass is 9.89. The minimum Gasteiger partial charge on any atom is -0.441 e. The van der Waals surface area contributed by atoms with Crippen molar-refractivity contribution in [2.24, 2.45) is 0 Å². The highest BCUT2D eigenvalue weighted by molar-refractivity contribution is 5.64. The summed E-state index contributed by atoms with van der Waals surface area (Å²) in [6.07, 6.45) is 0. The van der Waals surface area contributed by atoms with Crippen molar-refractivity contribution < 1.29 is 24.2 Å². The second-order valence-electron chi connectivity index (χ2n) is 7.09. The molecule has 0 fully saturated rings. The Morgan fingerprint density at radius 3 is 1.66 bits per heavy atom. The first-order valence-corrected chi connectivity index (χ1v) is 9.67. The molecular weight excluding hydrogens is 470 g/mol. The molecule has 1 aromatic heterocycles. The van der Waals surface area contributed by atoms with Crippen LogP contribution >= 0.6 is 0 Å². The van der Waals surface area contributed by atoms with Gasteiger partial charge in [-0.25, -0.2) is 0 Å². The Bertz CT molecular complexity index is 1440. The summed E-state index contributed by atoms with van der Waals surface area (Å²) in [6, 6.07) is 11.8. The van der Waals surface area contributed by atoms with Gasteiger partial charge < -0.3 is 19.4 Å². The largest absolute Gasteiger partial charge is 0.441 e. The third kappa shape index (κ3) is 3.86. The molecule has 0 amide bonds. The third-order valence-electron chi connectivity index (χ3n) is 5.00. The van der Waals surface area contributed by atoms with Crippen molar-refractivity contribution >= 4 is 5.70 Å². The van der Waals surface area contributed by atoms with E-state index in [1.54, 1.807) is 12.1 Å². The Balaban J connectivity index is 2.18. The van der Waals surface area contributed by atoms with Crippen LogP contribution in [0.15, 0.2) is 75.9 Å². The van der Waals surface area contributed by atoms with Gasteiger partial charge in [-0.1, -0.05) is 36.4 Å². The van der Waals surface area contributed by atoms with Gasteiger partial charge in [0.25, 0.3) is 0 Å². The van der Waals surface area contributed by atoms with Gasteiger partial charge in [-0.2, -0.15) is 0 Å². The van der Waals surface area contributed by atoms with E-state index in [4.69, 9.17) is 9.47 Å². The minimum absolute atomic E-state index is 0.0967. The highest BCUT2D eigenvalue weighted by Crippen LogP contribution is 2.45. The molecule has 3 aromatic rings. The molecule has 1 atom stereocenters. The topological polar surface area (TPSA) is 214 Å². The van der Waals surface area contributed by atoms with Crippen molar-refractivity contribution in [1.82, 2.24) is 9.97 Å². The van der Waals surface area contributed by atoms with Crippen LogP contribution < -0.4 is 20.6 Å². The number of rotatable bonds is 7. The zero-order valence-corrected chi connectivity index (χ0v) is 17.3. The molecule has 15 heteroatoms. The predicted octanol–water partition coefficient (Wildman–Crippen LogP) is 1.25. The molecule has 1 unspecified atom stereocenters. The highest BCUT2D eigenvalue weighted by Gasteiger charge is 2.70. The second-order valence-corrected chi connectivity index (χ2v) is 7.09. The summed E-state index contributed by atoms with van der Waals surface area (Å²) < 4.78 is 11.7. The lowest BCUT2D eigenvalue weighted by molar-refractivity contribution is -0.590. The fourth-order valence-corrected chi connectivity index (χ4v) is 3.65. The maximum absolute atomic E-state index is 12.3. The highest BCUT2D eigenvalue weighted by atomic mass is 16.7. The lowest BCUT2D eigenvalue weighted by Gasteiger charge is -2.36. The molecule has 1 heterocycles. The number of nitro groups is 3. The van der Waals surface area contributed by atoms with Crippen molar-refractivity contribution in [3.8, 4) is 11.5 Å². The van der Waals surface area contributed by atoms with Gasteiger partial charge in [0.05, 0.1) is 9.85 Å². The summed E-state index contributed by atoms with van der Waals surface area (Å²) in [7, 11) is 0. The van der Waals surface area contributed by atoms with E-state index in [-0.39, 0.29) is 11.5 Å². The number of hydrogen-bond donors (Lipinski definition) is 2. The molecule has 1 aliphatic carbocycles. The maximum Gasteiger partial charge on any atom is 0.407 e. The molecule has 0 saturated carbocycles. The molecule has 15 nitrogen and oxygen atoms in total. The smallest absolute Gasteiger partial charge is 0.407 e. The fraction of sp³-hybridized carbons (Fsp3) is 0.100. The SMILES string of the molecule is O=c1[nH]c2c([nH]c1=O)C(Oc1ccccc1)(Oc1ccccc1)C([N+](=O)[O-])C([N+](=O)[O-])=C2[N+](=O)[O-]. The van der Waals surface area contributed by atoms with E-state index in [1.165, 1.54) is 48.5 Å². The molecule has 2 N–H and O–H groups in total. The molecule has 0 saturated heterocycles. The maximum atomic E-state index is 12.3. The lowest BCUT2D eigenvalue weighted by Crippen LogP contribution is -2.59.